The van der Waals surface area contributed by atoms with Gasteiger partial charge in [0.05, 0.1) is 18.7 Å². The fraction of sp³-hybridized carbons (Fsp3) is 0.238. The molecule has 0 saturated heterocycles. The summed E-state index contributed by atoms with van der Waals surface area (Å²) in [6, 6.07) is 16.9. The summed E-state index contributed by atoms with van der Waals surface area (Å²) in [6.45, 7) is 3.80. The number of aliphatic imine (C=N–C) groups is 1. The van der Waals surface area contributed by atoms with Crippen LogP contribution in [0.3, 0.4) is 0 Å². The van der Waals surface area contributed by atoms with E-state index >= 15 is 0 Å². The van der Waals surface area contributed by atoms with Gasteiger partial charge in [0.1, 0.15) is 6.61 Å². The highest BCUT2D eigenvalue weighted by Crippen LogP contribution is 2.10. The van der Waals surface area contributed by atoms with Crippen molar-refractivity contribution in [2.45, 2.75) is 20.1 Å². The fourth-order valence-corrected chi connectivity index (χ4v) is 2.25. The molecular formula is C21H23N3O2. The summed E-state index contributed by atoms with van der Waals surface area (Å²) >= 11 is 0. The van der Waals surface area contributed by atoms with E-state index in [-0.39, 0.29) is 12.6 Å². The number of esters is 1. The Morgan fingerprint density at radius 2 is 1.88 bits per heavy atom. The lowest BCUT2D eigenvalue weighted by atomic mass is 10.1. The molecule has 2 N–H and O–H groups in total. The summed E-state index contributed by atoms with van der Waals surface area (Å²) in [7, 11) is 0. The maximum atomic E-state index is 12.2. The molecule has 134 valence electrons. The van der Waals surface area contributed by atoms with Gasteiger partial charge in [-0.25, -0.2) is 9.79 Å². The molecule has 0 bridgehead atoms. The molecule has 0 unspecified atom stereocenters. The van der Waals surface area contributed by atoms with Crippen molar-refractivity contribution in [3.05, 3.63) is 71.3 Å². The van der Waals surface area contributed by atoms with Gasteiger partial charge in [-0.3, -0.25) is 0 Å². The third-order valence-electron chi connectivity index (χ3n) is 3.50. The summed E-state index contributed by atoms with van der Waals surface area (Å²) < 4.78 is 5.36. The zero-order chi connectivity index (χ0) is 18.6. The highest BCUT2D eigenvalue weighted by Gasteiger charge is 2.08. The maximum absolute atomic E-state index is 12.2. The van der Waals surface area contributed by atoms with Crippen molar-refractivity contribution in [2.24, 2.45) is 4.99 Å². The van der Waals surface area contributed by atoms with Crippen molar-refractivity contribution in [1.82, 2.24) is 10.6 Å². The molecule has 2 rings (SSSR count). The van der Waals surface area contributed by atoms with Crippen molar-refractivity contribution < 1.29 is 9.53 Å². The van der Waals surface area contributed by atoms with Gasteiger partial charge in [0, 0.05) is 6.54 Å². The van der Waals surface area contributed by atoms with E-state index in [0.29, 0.717) is 24.6 Å². The first-order chi connectivity index (χ1) is 12.7. The molecule has 0 heterocycles. The highest BCUT2D eigenvalue weighted by molar-refractivity contribution is 5.89. The first-order valence-corrected chi connectivity index (χ1v) is 8.48. The standard InChI is InChI=1S/C21H23N3O2/c1-3-13-23-21(22-4-2)24-15-18-11-8-12-19(14-18)20(25)26-16-17-9-6-5-7-10-17/h1,5-12,14H,4,13,15-16H2,2H3,(H2,22,23,24). The number of carbonyl (C=O) groups is 1. The maximum Gasteiger partial charge on any atom is 0.338 e. The molecule has 0 saturated carbocycles. The first-order valence-electron chi connectivity index (χ1n) is 8.48. The minimum absolute atomic E-state index is 0.253. The fourth-order valence-electron chi connectivity index (χ4n) is 2.25. The van der Waals surface area contributed by atoms with E-state index in [9.17, 15) is 4.79 Å². The van der Waals surface area contributed by atoms with E-state index in [0.717, 1.165) is 17.7 Å². The summed E-state index contributed by atoms with van der Waals surface area (Å²) in [5, 5.41) is 6.14. The average molecular weight is 349 g/mol. The Bertz CT molecular complexity index is 779. The smallest absolute Gasteiger partial charge is 0.338 e. The second kappa shape index (κ2) is 10.6. The predicted octanol–water partition coefficient (Wildman–Crippen LogP) is 2.73. The van der Waals surface area contributed by atoms with Crippen LogP contribution < -0.4 is 10.6 Å². The Balaban J connectivity index is 1.97. The Hall–Kier alpha value is -3.26. The minimum Gasteiger partial charge on any atom is -0.457 e. The summed E-state index contributed by atoms with van der Waals surface area (Å²) in [4.78, 5) is 16.7. The zero-order valence-electron chi connectivity index (χ0n) is 14.9. The molecule has 2 aromatic carbocycles. The molecule has 26 heavy (non-hydrogen) atoms. The van der Waals surface area contributed by atoms with Gasteiger partial charge >= 0.3 is 5.97 Å². The van der Waals surface area contributed by atoms with Crippen LogP contribution >= 0.6 is 0 Å². The number of rotatable bonds is 7. The van der Waals surface area contributed by atoms with Crippen LogP contribution in [0, 0.1) is 12.3 Å². The van der Waals surface area contributed by atoms with Gasteiger partial charge in [0.25, 0.3) is 0 Å². The quantitative estimate of drug-likeness (QED) is 0.349. The predicted molar refractivity (Wildman–Crippen MR) is 104 cm³/mol. The number of nitrogens with zero attached hydrogens (tertiary/aromatic N) is 1. The van der Waals surface area contributed by atoms with E-state index in [2.05, 4.69) is 21.5 Å². The Morgan fingerprint density at radius 1 is 1.12 bits per heavy atom. The summed E-state index contributed by atoms with van der Waals surface area (Å²) in [5.41, 5.74) is 2.38. The molecule has 0 amide bonds. The molecule has 5 nitrogen and oxygen atoms in total. The molecule has 0 fully saturated rings. The molecule has 2 aromatic rings. The van der Waals surface area contributed by atoms with Crippen molar-refractivity contribution >= 4 is 11.9 Å². The normalized spacial score (nSPS) is 10.7. The molecule has 0 radical (unpaired) electrons. The van der Waals surface area contributed by atoms with E-state index in [1.165, 1.54) is 0 Å². The van der Waals surface area contributed by atoms with E-state index in [4.69, 9.17) is 11.2 Å². The number of terminal acetylenes is 1. The number of benzene rings is 2. The number of hydrogen-bond acceptors (Lipinski definition) is 3. The van der Waals surface area contributed by atoms with E-state index in [1.807, 2.05) is 49.4 Å². The molecule has 0 spiro atoms. The number of guanidine groups is 1. The molecule has 0 atom stereocenters. The summed E-state index contributed by atoms with van der Waals surface area (Å²) in [5.74, 6) is 2.80. The topological polar surface area (TPSA) is 62.7 Å². The van der Waals surface area contributed by atoms with Crippen LogP contribution in [0.2, 0.25) is 0 Å². The molecule has 0 aliphatic carbocycles. The van der Waals surface area contributed by atoms with Gasteiger partial charge in [-0.05, 0) is 30.2 Å². The van der Waals surface area contributed by atoms with Crippen molar-refractivity contribution in [1.29, 1.82) is 0 Å². The Kier molecular flexibility index (Phi) is 7.75. The van der Waals surface area contributed by atoms with Crippen LogP contribution in [0.4, 0.5) is 0 Å². The first kappa shape index (κ1) is 19.1. The lowest BCUT2D eigenvalue weighted by Crippen LogP contribution is -2.37. The highest BCUT2D eigenvalue weighted by atomic mass is 16.5. The van der Waals surface area contributed by atoms with Gasteiger partial charge in [-0.1, -0.05) is 48.4 Å². The summed E-state index contributed by atoms with van der Waals surface area (Å²) in [6.07, 6.45) is 5.26. The number of hydrogen-bond donors (Lipinski definition) is 2. The van der Waals surface area contributed by atoms with Gasteiger partial charge in [-0.15, -0.1) is 6.42 Å². The van der Waals surface area contributed by atoms with Gasteiger partial charge in [0.2, 0.25) is 0 Å². The Morgan fingerprint density at radius 3 is 2.62 bits per heavy atom. The lowest BCUT2D eigenvalue weighted by Gasteiger charge is -2.09. The van der Waals surface area contributed by atoms with Crippen LogP contribution in [-0.2, 0) is 17.9 Å². The minimum atomic E-state index is -0.350. The Labute approximate surface area is 154 Å². The molecule has 0 aliphatic heterocycles. The van der Waals surface area contributed by atoms with Crippen LogP contribution in [0.1, 0.15) is 28.4 Å². The van der Waals surface area contributed by atoms with Crippen LogP contribution in [-0.4, -0.2) is 25.0 Å². The number of ether oxygens (including phenoxy) is 1. The third-order valence-corrected chi connectivity index (χ3v) is 3.50. The monoisotopic (exact) mass is 349 g/mol. The van der Waals surface area contributed by atoms with E-state index < -0.39 is 0 Å². The van der Waals surface area contributed by atoms with Crippen molar-refractivity contribution in [3.63, 3.8) is 0 Å². The zero-order valence-corrected chi connectivity index (χ0v) is 14.9. The lowest BCUT2D eigenvalue weighted by molar-refractivity contribution is 0.0472. The van der Waals surface area contributed by atoms with Crippen molar-refractivity contribution in [3.8, 4) is 12.3 Å². The molecule has 0 aliphatic rings. The van der Waals surface area contributed by atoms with Crippen LogP contribution in [0.25, 0.3) is 0 Å². The molecular weight excluding hydrogens is 326 g/mol. The van der Waals surface area contributed by atoms with Crippen LogP contribution in [0.5, 0.6) is 0 Å². The van der Waals surface area contributed by atoms with E-state index in [1.54, 1.807) is 12.1 Å². The van der Waals surface area contributed by atoms with Crippen LogP contribution in [0.15, 0.2) is 59.6 Å². The van der Waals surface area contributed by atoms with Crippen molar-refractivity contribution in [2.75, 3.05) is 13.1 Å². The second-order valence-corrected chi connectivity index (χ2v) is 5.51. The average Bonchev–Trinajstić information content (AvgIpc) is 2.69. The largest absolute Gasteiger partial charge is 0.457 e. The SMILES string of the molecule is C#CCNC(=NCc1cccc(C(=O)OCc2ccccc2)c1)NCC. The molecule has 0 aromatic heterocycles. The third kappa shape index (κ3) is 6.33. The van der Waals surface area contributed by atoms with Gasteiger partial charge < -0.3 is 15.4 Å². The van der Waals surface area contributed by atoms with Gasteiger partial charge in [-0.2, -0.15) is 0 Å². The van der Waals surface area contributed by atoms with Gasteiger partial charge in [0.15, 0.2) is 5.96 Å². The molecule has 5 heteroatoms. The number of carbonyl (C=O) groups excluding carboxylic acids is 1. The number of nitrogens with one attached hydrogen (secondary N) is 2. The second-order valence-electron chi connectivity index (χ2n) is 5.51.